The van der Waals surface area contributed by atoms with E-state index in [0.717, 1.165) is 24.7 Å². The molecule has 0 spiro atoms. The zero-order valence-corrected chi connectivity index (χ0v) is 12.9. The number of fused-ring (bicyclic) bond motifs is 8. The van der Waals surface area contributed by atoms with Gasteiger partial charge in [-0.05, 0) is 67.9 Å². The summed E-state index contributed by atoms with van der Waals surface area (Å²) in [6, 6.07) is 9.08. The predicted octanol–water partition coefficient (Wildman–Crippen LogP) is 3.60. The van der Waals surface area contributed by atoms with Crippen molar-refractivity contribution < 1.29 is 8.42 Å². The molecule has 1 aromatic rings. The van der Waals surface area contributed by atoms with Crippen LogP contribution >= 0.6 is 0 Å². The van der Waals surface area contributed by atoms with Crippen LogP contribution in [0.3, 0.4) is 0 Å². The van der Waals surface area contributed by atoms with Crippen molar-refractivity contribution in [2.45, 2.75) is 42.2 Å². The largest absolute Gasteiger partial charge is 0.223 e. The van der Waals surface area contributed by atoms with E-state index in [2.05, 4.69) is 0 Å². The van der Waals surface area contributed by atoms with Gasteiger partial charge < -0.3 is 0 Å². The monoisotopic (exact) mass is 300 g/mol. The lowest BCUT2D eigenvalue weighted by Crippen LogP contribution is -2.30. The third-order valence-corrected chi connectivity index (χ3v) is 8.71. The molecule has 0 unspecified atom stereocenters. The van der Waals surface area contributed by atoms with Gasteiger partial charge in [-0.1, -0.05) is 29.3 Å². The maximum Gasteiger partial charge on any atom is 0.181 e. The predicted molar refractivity (Wildman–Crippen MR) is 81.5 cm³/mol. The molecule has 0 amide bonds. The van der Waals surface area contributed by atoms with E-state index in [-0.39, 0.29) is 5.25 Å². The summed E-state index contributed by atoms with van der Waals surface area (Å²) in [6.07, 6.45) is 6.00. The van der Waals surface area contributed by atoms with Crippen LogP contribution in [-0.4, -0.2) is 13.7 Å². The highest BCUT2D eigenvalue weighted by molar-refractivity contribution is 7.92. The molecule has 21 heavy (non-hydrogen) atoms. The van der Waals surface area contributed by atoms with Gasteiger partial charge in [-0.3, -0.25) is 0 Å². The first-order valence-electron chi connectivity index (χ1n) is 8.19. The third-order valence-electron chi connectivity index (χ3n) is 6.46. The van der Waals surface area contributed by atoms with Crippen molar-refractivity contribution >= 4 is 9.84 Å². The van der Waals surface area contributed by atoms with Gasteiger partial charge in [-0.2, -0.15) is 0 Å². The second kappa shape index (κ2) is 4.01. The fourth-order valence-corrected chi connectivity index (χ4v) is 7.87. The molecule has 3 heteroatoms. The Kier molecular flexibility index (Phi) is 2.38. The van der Waals surface area contributed by atoms with Crippen molar-refractivity contribution in [3.05, 3.63) is 41.5 Å². The van der Waals surface area contributed by atoms with Crippen LogP contribution in [-0.2, 0) is 9.84 Å². The molecule has 110 valence electrons. The summed E-state index contributed by atoms with van der Waals surface area (Å²) in [6.45, 7) is 0. The highest BCUT2D eigenvalue weighted by Crippen LogP contribution is 2.64. The van der Waals surface area contributed by atoms with E-state index in [1.54, 1.807) is 23.3 Å². The van der Waals surface area contributed by atoms with Crippen LogP contribution in [0.4, 0.5) is 0 Å². The van der Waals surface area contributed by atoms with Crippen LogP contribution < -0.4 is 0 Å². The lowest BCUT2D eigenvalue weighted by Gasteiger charge is -2.29. The van der Waals surface area contributed by atoms with Crippen LogP contribution in [0, 0.1) is 23.7 Å². The van der Waals surface area contributed by atoms with Gasteiger partial charge in [0.05, 0.1) is 10.1 Å². The SMILES string of the molecule is O=S(=O)(c1ccccc1)[C@H]1C[C@H]2C[C@H]1C1=C2[C@H]2CC[C@H]1C2. The summed E-state index contributed by atoms with van der Waals surface area (Å²) >= 11 is 0. The van der Waals surface area contributed by atoms with Crippen molar-refractivity contribution in [3.8, 4) is 0 Å². The highest BCUT2D eigenvalue weighted by atomic mass is 32.2. The van der Waals surface area contributed by atoms with E-state index in [4.69, 9.17) is 0 Å². The number of hydrogen-bond acceptors (Lipinski definition) is 2. The summed E-state index contributed by atoms with van der Waals surface area (Å²) < 4.78 is 26.0. The average Bonchev–Trinajstić information content (AvgIpc) is 3.26. The first-order valence-corrected chi connectivity index (χ1v) is 9.73. The molecule has 4 aliphatic carbocycles. The summed E-state index contributed by atoms with van der Waals surface area (Å²) in [5.41, 5.74) is 3.32. The van der Waals surface area contributed by atoms with Crippen LogP contribution in [0.25, 0.3) is 0 Å². The highest BCUT2D eigenvalue weighted by Gasteiger charge is 2.57. The van der Waals surface area contributed by atoms with Gasteiger partial charge in [-0.25, -0.2) is 8.42 Å². The van der Waals surface area contributed by atoms with E-state index >= 15 is 0 Å². The lowest BCUT2D eigenvalue weighted by molar-refractivity contribution is 0.507. The zero-order chi connectivity index (χ0) is 14.2. The van der Waals surface area contributed by atoms with Crippen molar-refractivity contribution in [1.82, 2.24) is 0 Å². The minimum Gasteiger partial charge on any atom is -0.223 e. The Balaban J connectivity index is 1.56. The fraction of sp³-hybridized carbons (Fsp3) is 0.556. The number of hydrogen-bond donors (Lipinski definition) is 0. The average molecular weight is 300 g/mol. The molecule has 2 nitrogen and oxygen atoms in total. The van der Waals surface area contributed by atoms with Gasteiger partial charge in [0.1, 0.15) is 0 Å². The minimum absolute atomic E-state index is 0.150. The molecule has 0 saturated heterocycles. The standard InChI is InChI=1S/C18H20O2S/c19-21(20,14-4-2-1-3-5-14)16-10-13-9-15(16)18-12-7-6-11(8-12)17(13)18/h1-5,11-13,15-16H,6-10H2/t11-,12-,13+,15+,16-/m0/s1. The smallest absolute Gasteiger partial charge is 0.181 e. The Morgan fingerprint density at radius 3 is 2.29 bits per heavy atom. The molecule has 5 rings (SSSR count). The van der Waals surface area contributed by atoms with E-state index in [0.29, 0.717) is 16.7 Å². The normalized spacial score (nSPS) is 40.1. The molecular weight excluding hydrogens is 280 g/mol. The van der Waals surface area contributed by atoms with Crippen molar-refractivity contribution in [3.63, 3.8) is 0 Å². The van der Waals surface area contributed by atoms with Gasteiger partial charge in [-0.15, -0.1) is 0 Å². The van der Waals surface area contributed by atoms with Crippen LogP contribution in [0.15, 0.2) is 46.4 Å². The molecular formula is C18H20O2S. The van der Waals surface area contributed by atoms with Crippen LogP contribution in [0.1, 0.15) is 32.1 Å². The summed E-state index contributed by atoms with van der Waals surface area (Å²) in [4.78, 5) is 0.521. The van der Waals surface area contributed by atoms with Gasteiger partial charge in [0.25, 0.3) is 0 Å². The van der Waals surface area contributed by atoms with Gasteiger partial charge in [0, 0.05) is 0 Å². The molecule has 0 radical (unpaired) electrons. The van der Waals surface area contributed by atoms with Crippen molar-refractivity contribution in [2.24, 2.45) is 23.7 Å². The topological polar surface area (TPSA) is 34.1 Å². The number of rotatable bonds is 2. The van der Waals surface area contributed by atoms with E-state index in [1.807, 2.05) is 18.2 Å². The maximum absolute atomic E-state index is 13.0. The molecule has 0 N–H and O–H groups in total. The van der Waals surface area contributed by atoms with Crippen LogP contribution in [0.2, 0.25) is 0 Å². The molecule has 5 atom stereocenters. The Labute approximate surface area is 126 Å². The van der Waals surface area contributed by atoms with Crippen LogP contribution in [0.5, 0.6) is 0 Å². The number of sulfone groups is 1. The van der Waals surface area contributed by atoms with E-state index in [9.17, 15) is 8.42 Å². The molecule has 0 heterocycles. The molecule has 4 aliphatic rings. The summed E-state index contributed by atoms with van der Waals surface area (Å²) in [5.74, 6) is 2.48. The lowest BCUT2D eigenvalue weighted by atomic mass is 9.82. The molecule has 2 saturated carbocycles. The van der Waals surface area contributed by atoms with Crippen molar-refractivity contribution in [2.75, 3.05) is 0 Å². The van der Waals surface area contributed by atoms with Gasteiger partial charge >= 0.3 is 0 Å². The Bertz CT molecular complexity index is 732. The Morgan fingerprint density at radius 2 is 1.52 bits per heavy atom. The summed E-state index contributed by atoms with van der Waals surface area (Å²) in [5, 5.41) is -0.150. The van der Waals surface area contributed by atoms with E-state index in [1.165, 1.54) is 19.3 Å². The van der Waals surface area contributed by atoms with Gasteiger partial charge in [0.15, 0.2) is 9.84 Å². The fourth-order valence-electron chi connectivity index (χ4n) is 5.81. The molecule has 0 aliphatic heterocycles. The second-order valence-corrected chi connectivity index (χ2v) is 9.46. The minimum atomic E-state index is -3.16. The Hall–Kier alpha value is -1.09. The zero-order valence-electron chi connectivity index (χ0n) is 12.0. The van der Waals surface area contributed by atoms with Gasteiger partial charge in [0.2, 0.25) is 0 Å². The third kappa shape index (κ3) is 1.51. The number of allylic oxidation sites excluding steroid dienone is 2. The first-order chi connectivity index (χ1) is 10.2. The molecule has 2 fully saturated rings. The number of benzene rings is 1. The molecule has 4 bridgehead atoms. The molecule has 1 aromatic carbocycles. The maximum atomic E-state index is 13.0. The first kappa shape index (κ1) is 12.5. The molecule has 0 aromatic heterocycles. The summed E-state index contributed by atoms with van der Waals surface area (Å²) in [7, 11) is -3.16. The quantitative estimate of drug-likeness (QED) is 0.618. The second-order valence-electron chi connectivity index (χ2n) is 7.29. The Morgan fingerprint density at radius 1 is 0.810 bits per heavy atom. The van der Waals surface area contributed by atoms with Crippen molar-refractivity contribution in [1.29, 1.82) is 0 Å². The van der Waals surface area contributed by atoms with E-state index < -0.39 is 9.84 Å².